The van der Waals surface area contributed by atoms with E-state index in [4.69, 9.17) is 12.2 Å². The van der Waals surface area contributed by atoms with Gasteiger partial charge in [-0.2, -0.15) is 0 Å². The molecule has 0 saturated carbocycles. The third kappa shape index (κ3) is 2.54. The molecule has 1 aliphatic heterocycles. The van der Waals surface area contributed by atoms with Gasteiger partial charge in [0.1, 0.15) is 0 Å². The number of piperidine rings is 1. The summed E-state index contributed by atoms with van der Waals surface area (Å²) in [7, 11) is 0. The quantitative estimate of drug-likeness (QED) is 0.824. The highest BCUT2D eigenvalue weighted by molar-refractivity contribution is 7.71. The van der Waals surface area contributed by atoms with Crippen molar-refractivity contribution in [2.75, 3.05) is 18.0 Å². The zero-order chi connectivity index (χ0) is 12.6. The minimum absolute atomic E-state index is 0.351. The van der Waals surface area contributed by atoms with Crippen LogP contribution in [0.5, 0.6) is 0 Å². The van der Waals surface area contributed by atoms with Gasteiger partial charge in [0.2, 0.25) is 5.95 Å². The summed E-state index contributed by atoms with van der Waals surface area (Å²) >= 11 is 5.30. The molecule has 1 aromatic heterocycles. The van der Waals surface area contributed by atoms with Gasteiger partial charge in [-0.15, -0.1) is 5.10 Å². The van der Waals surface area contributed by atoms with Gasteiger partial charge in [0.25, 0.3) is 0 Å². The van der Waals surface area contributed by atoms with Gasteiger partial charge in [0.05, 0.1) is 0 Å². The van der Waals surface area contributed by atoms with Crippen LogP contribution in [0.3, 0.4) is 0 Å². The van der Waals surface area contributed by atoms with E-state index < -0.39 is 0 Å². The first-order chi connectivity index (χ1) is 7.99. The molecule has 1 fully saturated rings. The van der Waals surface area contributed by atoms with Crippen molar-refractivity contribution in [3.63, 3.8) is 0 Å². The first kappa shape index (κ1) is 12.6. The van der Waals surface area contributed by atoms with E-state index in [0.717, 1.165) is 35.6 Å². The molecule has 2 atom stereocenters. The molecule has 0 bridgehead atoms. The molecular weight excluding hydrogens is 232 g/mol. The van der Waals surface area contributed by atoms with Crippen molar-refractivity contribution < 1.29 is 0 Å². The maximum Gasteiger partial charge on any atom is 0.225 e. The molecule has 96 valence electrons. The molecular formula is C12H22N4S. The van der Waals surface area contributed by atoms with Gasteiger partial charge in [-0.05, 0) is 44.3 Å². The van der Waals surface area contributed by atoms with Crippen LogP contribution >= 0.6 is 12.2 Å². The van der Waals surface area contributed by atoms with Gasteiger partial charge in [-0.1, -0.05) is 13.8 Å². The number of H-pyrrole nitrogens is 1. The van der Waals surface area contributed by atoms with Crippen molar-refractivity contribution in [2.45, 2.75) is 40.2 Å². The molecule has 0 amide bonds. The number of nitrogens with one attached hydrogen (secondary N) is 1. The molecule has 1 saturated heterocycles. The lowest BCUT2D eigenvalue weighted by molar-refractivity contribution is 0.349. The Bertz CT molecular complexity index is 424. The molecule has 0 radical (unpaired) electrons. The Morgan fingerprint density at radius 1 is 1.29 bits per heavy atom. The summed E-state index contributed by atoms with van der Waals surface area (Å²) in [6.45, 7) is 11.1. The number of rotatable bonds is 2. The molecule has 5 heteroatoms. The summed E-state index contributed by atoms with van der Waals surface area (Å²) in [4.78, 5) is 2.37. The van der Waals surface area contributed by atoms with Crippen LogP contribution < -0.4 is 4.90 Å². The monoisotopic (exact) mass is 254 g/mol. The predicted octanol–water partition coefficient (Wildman–Crippen LogP) is 3.00. The van der Waals surface area contributed by atoms with Crippen molar-refractivity contribution in [1.82, 2.24) is 14.8 Å². The van der Waals surface area contributed by atoms with E-state index in [2.05, 4.69) is 47.4 Å². The molecule has 1 aliphatic rings. The van der Waals surface area contributed by atoms with Crippen LogP contribution in [0.1, 0.15) is 40.2 Å². The molecule has 0 aromatic carbocycles. The average molecular weight is 254 g/mol. The molecule has 2 rings (SSSR count). The smallest absolute Gasteiger partial charge is 0.225 e. The van der Waals surface area contributed by atoms with Crippen LogP contribution in [0.15, 0.2) is 0 Å². The van der Waals surface area contributed by atoms with E-state index in [-0.39, 0.29) is 0 Å². The van der Waals surface area contributed by atoms with Gasteiger partial charge in [-0.3, -0.25) is 4.57 Å². The number of hydrogen-bond donors (Lipinski definition) is 1. The highest BCUT2D eigenvalue weighted by Gasteiger charge is 2.25. The zero-order valence-electron chi connectivity index (χ0n) is 11.1. The van der Waals surface area contributed by atoms with Crippen LogP contribution in [0.2, 0.25) is 0 Å². The van der Waals surface area contributed by atoms with Crippen LogP contribution in [0.4, 0.5) is 5.95 Å². The molecule has 17 heavy (non-hydrogen) atoms. The van der Waals surface area contributed by atoms with Crippen molar-refractivity contribution in [3.8, 4) is 0 Å². The lowest BCUT2D eigenvalue weighted by atomic mass is 9.92. The van der Waals surface area contributed by atoms with Crippen LogP contribution in [0.25, 0.3) is 0 Å². The first-order valence-corrected chi connectivity index (χ1v) is 6.81. The summed E-state index contributed by atoms with van der Waals surface area (Å²) in [5, 5.41) is 7.32. The maximum absolute atomic E-state index is 5.30. The van der Waals surface area contributed by atoms with Crippen LogP contribution in [0, 0.1) is 16.6 Å². The lowest BCUT2D eigenvalue weighted by Crippen LogP contribution is -2.40. The van der Waals surface area contributed by atoms with E-state index >= 15 is 0 Å². The van der Waals surface area contributed by atoms with Gasteiger partial charge < -0.3 is 4.90 Å². The number of aromatic nitrogens is 3. The van der Waals surface area contributed by atoms with Crippen molar-refractivity contribution >= 4 is 18.2 Å². The molecule has 0 aliphatic carbocycles. The Morgan fingerprint density at radius 3 is 2.41 bits per heavy atom. The Morgan fingerprint density at radius 2 is 1.88 bits per heavy atom. The lowest BCUT2D eigenvalue weighted by Gasteiger charge is -2.35. The Balaban J connectivity index is 2.30. The normalized spacial score (nSPS) is 25.6. The number of anilines is 1. The molecule has 1 N–H and O–H groups in total. The Hall–Kier alpha value is -0.840. The molecule has 2 unspecified atom stereocenters. The van der Waals surface area contributed by atoms with E-state index in [1.165, 1.54) is 6.42 Å². The minimum atomic E-state index is 0.351. The average Bonchev–Trinajstić information content (AvgIpc) is 2.58. The third-order valence-corrected chi connectivity index (χ3v) is 3.64. The molecule has 0 spiro atoms. The summed E-state index contributed by atoms with van der Waals surface area (Å²) < 4.78 is 2.83. The fraction of sp³-hybridized carbons (Fsp3) is 0.833. The number of nitrogens with zero attached hydrogens (tertiary/aromatic N) is 3. The van der Waals surface area contributed by atoms with Crippen molar-refractivity contribution in [3.05, 3.63) is 4.77 Å². The summed E-state index contributed by atoms with van der Waals surface area (Å²) in [5.41, 5.74) is 0. The second-order valence-electron chi connectivity index (χ2n) is 5.64. The summed E-state index contributed by atoms with van der Waals surface area (Å²) in [6.07, 6.45) is 1.31. The maximum atomic E-state index is 5.30. The van der Waals surface area contributed by atoms with Gasteiger partial charge >= 0.3 is 0 Å². The molecule has 2 heterocycles. The topological polar surface area (TPSA) is 36.9 Å². The highest BCUT2D eigenvalue weighted by Crippen LogP contribution is 2.26. The molecule has 4 nitrogen and oxygen atoms in total. The minimum Gasteiger partial charge on any atom is -0.340 e. The summed E-state index contributed by atoms with van der Waals surface area (Å²) in [6, 6.07) is 0.351. The number of aromatic amines is 1. The fourth-order valence-corrected chi connectivity index (χ4v) is 3.15. The summed E-state index contributed by atoms with van der Waals surface area (Å²) in [5.74, 6) is 2.46. The van der Waals surface area contributed by atoms with Gasteiger partial charge in [0.15, 0.2) is 4.77 Å². The van der Waals surface area contributed by atoms with Crippen molar-refractivity contribution in [2.24, 2.45) is 11.8 Å². The van der Waals surface area contributed by atoms with Gasteiger partial charge in [0, 0.05) is 19.1 Å². The van der Waals surface area contributed by atoms with Crippen LogP contribution in [-0.4, -0.2) is 27.9 Å². The van der Waals surface area contributed by atoms with E-state index in [1.54, 1.807) is 0 Å². The highest BCUT2D eigenvalue weighted by atomic mass is 32.1. The predicted molar refractivity (Wildman–Crippen MR) is 73.0 cm³/mol. The SMILES string of the molecule is CC1CC(C)CN(c2n[nH]c(=S)n2C(C)C)C1. The largest absolute Gasteiger partial charge is 0.340 e. The molecule has 1 aromatic rings. The Labute approximate surface area is 108 Å². The van der Waals surface area contributed by atoms with Crippen molar-refractivity contribution in [1.29, 1.82) is 0 Å². The van der Waals surface area contributed by atoms with E-state index in [9.17, 15) is 0 Å². The third-order valence-electron chi connectivity index (χ3n) is 3.35. The zero-order valence-corrected chi connectivity index (χ0v) is 11.9. The second-order valence-corrected chi connectivity index (χ2v) is 6.03. The van der Waals surface area contributed by atoms with Crippen LogP contribution in [-0.2, 0) is 0 Å². The standard InChI is InChI=1S/C12H22N4S/c1-8(2)16-11(13-14-12(16)17)15-6-9(3)5-10(4)7-15/h8-10H,5-7H2,1-4H3,(H,14,17). The fourth-order valence-electron chi connectivity index (χ4n) is 2.81. The Kier molecular flexibility index (Phi) is 3.56. The first-order valence-electron chi connectivity index (χ1n) is 6.41. The number of hydrogen-bond acceptors (Lipinski definition) is 3. The van der Waals surface area contributed by atoms with E-state index in [0.29, 0.717) is 6.04 Å². The second kappa shape index (κ2) is 4.80. The van der Waals surface area contributed by atoms with Gasteiger partial charge in [-0.25, -0.2) is 5.10 Å². The van der Waals surface area contributed by atoms with E-state index in [1.807, 2.05) is 0 Å².